The van der Waals surface area contributed by atoms with Gasteiger partial charge in [-0.2, -0.15) is 0 Å². The third-order valence-electron chi connectivity index (χ3n) is 5.71. The van der Waals surface area contributed by atoms with Gasteiger partial charge in [0.05, 0.1) is 17.0 Å². The van der Waals surface area contributed by atoms with Crippen LogP contribution in [-0.4, -0.2) is 38.4 Å². The summed E-state index contributed by atoms with van der Waals surface area (Å²) >= 11 is 3.54. The monoisotopic (exact) mass is 453 g/mol. The Labute approximate surface area is 177 Å². The molecule has 0 bridgehead atoms. The first-order valence-electron chi connectivity index (χ1n) is 9.39. The molecule has 3 rings (SSSR count). The van der Waals surface area contributed by atoms with E-state index in [9.17, 15) is 4.79 Å². The van der Waals surface area contributed by atoms with Crippen molar-refractivity contribution in [3.8, 4) is 5.75 Å². The van der Waals surface area contributed by atoms with E-state index in [4.69, 9.17) is 4.74 Å². The minimum Gasteiger partial charge on any atom is -0.496 e. The van der Waals surface area contributed by atoms with E-state index in [0.717, 1.165) is 60.0 Å². The predicted octanol–water partition coefficient (Wildman–Crippen LogP) is 5.67. The van der Waals surface area contributed by atoms with E-state index in [1.165, 1.54) is 12.0 Å². The van der Waals surface area contributed by atoms with Crippen LogP contribution in [0.3, 0.4) is 0 Å². The molecule has 1 aromatic carbocycles. The summed E-state index contributed by atoms with van der Waals surface area (Å²) in [6.45, 7) is 0.949. The van der Waals surface area contributed by atoms with E-state index < -0.39 is 0 Å². The van der Waals surface area contributed by atoms with Crippen molar-refractivity contribution in [1.82, 2.24) is 4.90 Å². The van der Waals surface area contributed by atoms with Gasteiger partial charge in [-0.05, 0) is 104 Å². The highest BCUT2D eigenvalue weighted by Gasteiger charge is 2.47. The van der Waals surface area contributed by atoms with E-state index >= 15 is 0 Å². The van der Waals surface area contributed by atoms with Crippen molar-refractivity contribution in [2.24, 2.45) is 5.41 Å². The Morgan fingerprint density at radius 3 is 2.67 bits per heavy atom. The topological polar surface area (TPSA) is 29.5 Å². The summed E-state index contributed by atoms with van der Waals surface area (Å²) in [5.41, 5.74) is 3.14. The molecular weight excluding hydrogens is 426 g/mol. The fourth-order valence-corrected chi connectivity index (χ4v) is 4.78. The van der Waals surface area contributed by atoms with Gasteiger partial charge in [-0.25, -0.2) is 0 Å². The van der Waals surface area contributed by atoms with Gasteiger partial charge in [0.15, 0.2) is 5.78 Å². The number of hydrogen-bond donors (Lipinski definition) is 0. The molecule has 3 nitrogen and oxygen atoms in total. The molecule has 1 fully saturated rings. The zero-order valence-electron chi connectivity index (χ0n) is 16.4. The van der Waals surface area contributed by atoms with E-state index in [2.05, 4.69) is 47.1 Å². The van der Waals surface area contributed by atoms with Gasteiger partial charge in [0, 0.05) is 0 Å². The number of rotatable bonds is 6. The van der Waals surface area contributed by atoms with Crippen molar-refractivity contribution in [2.75, 3.05) is 27.7 Å². The third-order valence-corrected chi connectivity index (χ3v) is 6.33. The quantitative estimate of drug-likeness (QED) is 0.409. The highest BCUT2D eigenvalue weighted by molar-refractivity contribution is 9.10. The lowest BCUT2D eigenvalue weighted by Gasteiger charge is -2.30. The molecule has 27 heavy (non-hydrogen) atoms. The maximum atomic E-state index is 13.5. The normalized spacial score (nSPS) is 23.7. The first-order chi connectivity index (χ1) is 12.5. The lowest BCUT2D eigenvalue weighted by atomic mass is 9.74. The molecule has 1 saturated carbocycles. The number of methoxy groups -OCH3 is 1. The van der Waals surface area contributed by atoms with Crippen LogP contribution in [-0.2, 0) is 4.79 Å². The van der Waals surface area contributed by atoms with Crippen molar-refractivity contribution in [2.45, 2.75) is 38.5 Å². The van der Waals surface area contributed by atoms with Gasteiger partial charge in [0.25, 0.3) is 0 Å². The molecular formula is C22H29BrClNO2. The highest BCUT2D eigenvalue weighted by Crippen LogP contribution is 2.50. The van der Waals surface area contributed by atoms with E-state index in [-0.39, 0.29) is 17.8 Å². The third kappa shape index (κ3) is 4.67. The van der Waals surface area contributed by atoms with Crippen LogP contribution in [0.15, 0.2) is 39.9 Å². The molecule has 0 aromatic heterocycles. The molecule has 0 N–H and O–H groups in total. The fourth-order valence-electron chi connectivity index (χ4n) is 4.22. The maximum Gasteiger partial charge on any atom is 0.169 e. The van der Waals surface area contributed by atoms with Gasteiger partial charge in [-0.15, -0.1) is 12.4 Å². The Hall–Kier alpha value is -1.10. The second kappa shape index (κ2) is 9.40. The molecule has 1 aromatic rings. The lowest BCUT2D eigenvalue weighted by Crippen LogP contribution is -2.32. The number of Topliss-reactive ketones (excluding diaryl/α,β-unsaturated/α-hetero) is 1. The van der Waals surface area contributed by atoms with Crippen LogP contribution in [0.5, 0.6) is 5.75 Å². The molecule has 0 radical (unpaired) electrons. The summed E-state index contributed by atoms with van der Waals surface area (Å²) in [7, 11) is 5.83. The molecule has 0 aliphatic heterocycles. The van der Waals surface area contributed by atoms with Crippen LogP contribution in [0.2, 0.25) is 0 Å². The summed E-state index contributed by atoms with van der Waals surface area (Å²) in [6, 6.07) is 5.97. The molecule has 2 aliphatic rings. The van der Waals surface area contributed by atoms with Crippen LogP contribution in [0, 0.1) is 5.41 Å². The summed E-state index contributed by atoms with van der Waals surface area (Å²) in [5, 5.41) is 0. The summed E-state index contributed by atoms with van der Waals surface area (Å²) < 4.78 is 6.21. The van der Waals surface area contributed by atoms with Crippen LogP contribution >= 0.6 is 28.3 Å². The van der Waals surface area contributed by atoms with Crippen molar-refractivity contribution in [1.29, 1.82) is 0 Å². The second-order valence-electron chi connectivity index (χ2n) is 7.65. The van der Waals surface area contributed by atoms with Crippen LogP contribution in [0.25, 0.3) is 6.08 Å². The van der Waals surface area contributed by atoms with Gasteiger partial charge in [0.1, 0.15) is 5.75 Å². The molecule has 0 spiro atoms. The molecule has 148 valence electrons. The maximum absolute atomic E-state index is 13.5. The van der Waals surface area contributed by atoms with E-state index in [0.29, 0.717) is 5.78 Å². The van der Waals surface area contributed by atoms with Crippen molar-refractivity contribution < 1.29 is 9.53 Å². The molecule has 2 aliphatic carbocycles. The van der Waals surface area contributed by atoms with Gasteiger partial charge >= 0.3 is 0 Å². The minimum atomic E-state index is -0.268. The fraction of sp³-hybridized carbons (Fsp3) is 0.500. The minimum absolute atomic E-state index is 0. The summed E-state index contributed by atoms with van der Waals surface area (Å²) in [4.78, 5) is 15.7. The molecule has 0 saturated heterocycles. The molecule has 1 atom stereocenters. The van der Waals surface area contributed by atoms with E-state index in [1.807, 2.05) is 18.2 Å². The number of allylic oxidation sites excluding steroid dienone is 3. The van der Waals surface area contributed by atoms with Crippen LogP contribution < -0.4 is 4.74 Å². The number of ketones is 1. The molecule has 5 heteroatoms. The van der Waals surface area contributed by atoms with Gasteiger partial charge in [0.2, 0.25) is 0 Å². The number of ether oxygens (including phenoxy) is 1. The van der Waals surface area contributed by atoms with Crippen LogP contribution in [0.1, 0.15) is 44.1 Å². The Morgan fingerprint density at radius 2 is 2.07 bits per heavy atom. The number of benzene rings is 1. The number of hydrogen-bond acceptors (Lipinski definition) is 3. The van der Waals surface area contributed by atoms with Gasteiger partial charge < -0.3 is 9.64 Å². The molecule has 1 unspecified atom stereocenters. The largest absolute Gasteiger partial charge is 0.496 e. The molecule has 0 heterocycles. The Bertz CT molecular complexity index is 757. The molecule has 0 amide bonds. The van der Waals surface area contributed by atoms with Crippen molar-refractivity contribution >= 4 is 40.2 Å². The number of carbonyl (C=O) groups excluding carboxylic acids is 1. The standard InChI is InChI=1S/C22H28BrNO2.ClH/c1-24(2)13-12-22(18-6-4-5-7-18)11-10-17(21(22)25)14-16-8-9-20(26-3)19(23)15-16;/h6,8-9,14-15H,4-5,7,10-13H2,1-3H3;1H. The number of carbonyl (C=O) groups is 1. The van der Waals surface area contributed by atoms with Crippen LogP contribution in [0.4, 0.5) is 0 Å². The lowest BCUT2D eigenvalue weighted by molar-refractivity contribution is -0.121. The zero-order chi connectivity index (χ0) is 18.7. The van der Waals surface area contributed by atoms with E-state index in [1.54, 1.807) is 7.11 Å². The predicted molar refractivity (Wildman–Crippen MR) is 118 cm³/mol. The Balaban J connectivity index is 0.00000261. The first-order valence-corrected chi connectivity index (χ1v) is 10.2. The Kier molecular flexibility index (Phi) is 7.73. The summed E-state index contributed by atoms with van der Waals surface area (Å²) in [5.74, 6) is 1.15. The number of nitrogens with zero attached hydrogens (tertiary/aromatic N) is 1. The van der Waals surface area contributed by atoms with Crippen molar-refractivity contribution in [3.05, 3.63) is 45.5 Å². The summed E-state index contributed by atoms with van der Waals surface area (Å²) in [6.07, 6.45) is 10.5. The average Bonchev–Trinajstić information content (AvgIpc) is 3.24. The van der Waals surface area contributed by atoms with Crippen molar-refractivity contribution in [3.63, 3.8) is 0 Å². The average molecular weight is 455 g/mol. The Morgan fingerprint density at radius 1 is 1.30 bits per heavy atom. The second-order valence-corrected chi connectivity index (χ2v) is 8.50. The number of halogens is 2. The highest BCUT2D eigenvalue weighted by atomic mass is 79.9. The van der Waals surface area contributed by atoms with Gasteiger partial charge in [-0.3, -0.25) is 4.79 Å². The zero-order valence-corrected chi connectivity index (χ0v) is 18.8. The SMILES string of the molecule is COc1ccc(C=C2CCC(CCN(C)C)(C3=CCCC3)C2=O)cc1Br.Cl. The first kappa shape index (κ1) is 22.2. The smallest absolute Gasteiger partial charge is 0.169 e. The van der Waals surface area contributed by atoms with Gasteiger partial charge in [-0.1, -0.05) is 17.7 Å².